The van der Waals surface area contributed by atoms with Crippen LogP contribution in [0.4, 0.5) is 0 Å². The van der Waals surface area contributed by atoms with E-state index in [9.17, 15) is 5.11 Å². The lowest BCUT2D eigenvalue weighted by atomic mass is 10.1. The van der Waals surface area contributed by atoms with Crippen molar-refractivity contribution in [2.45, 2.75) is 19.3 Å². The number of methoxy groups -OCH3 is 1. The minimum atomic E-state index is 0.403. The van der Waals surface area contributed by atoms with E-state index in [1.54, 1.807) is 13.2 Å². The Hall–Kier alpha value is -1.02. The molecule has 0 bridgehead atoms. The Morgan fingerprint density at radius 2 is 2.00 bits per heavy atom. The van der Waals surface area contributed by atoms with Crippen LogP contribution in [0, 0.1) is 0 Å². The average molecular weight is 180 g/mol. The number of unbranched alkanes of at least 4 members (excludes halogenated alkanes) is 1. The van der Waals surface area contributed by atoms with Crippen LogP contribution in [-0.4, -0.2) is 18.8 Å². The molecule has 1 N–H and O–H groups in total. The summed E-state index contributed by atoms with van der Waals surface area (Å²) >= 11 is 0. The fourth-order valence-electron chi connectivity index (χ4n) is 1.28. The number of rotatable bonds is 5. The van der Waals surface area contributed by atoms with Gasteiger partial charge in [-0.05, 0) is 30.9 Å². The van der Waals surface area contributed by atoms with Crippen molar-refractivity contribution in [3.63, 3.8) is 0 Å². The van der Waals surface area contributed by atoms with Gasteiger partial charge in [-0.2, -0.15) is 0 Å². The number of para-hydroxylation sites is 1. The van der Waals surface area contributed by atoms with E-state index in [1.807, 2.05) is 18.2 Å². The minimum Gasteiger partial charge on any atom is -0.508 e. The van der Waals surface area contributed by atoms with Crippen LogP contribution in [0.5, 0.6) is 5.75 Å². The molecule has 0 fully saturated rings. The number of benzene rings is 1. The normalized spacial score (nSPS) is 10.2. The third kappa shape index (κ3) is 3.47. The van der Waals surface area contributed by atoms with Gasteiger partial charge in [0.25, 0.3) is 0 Å². The topological polar surface area (TPSA) is 29.5 Å². The maximum absolute atomic E-state index is 9.44. The second-order valence-electron chi connectivity index (χ2n) is 3.08. The predicted octanol–water partition coefficient (Wildman–Crippen LogP) is 2.36. The van der Waals surface area contributed by atoms with Gasteiger partial charge in [0.1, 0.15) is 5.75 Å². The van der Waals surface area contributed by atoms with Crippen molar-refractivity contribution in [1.29, 1.82) is 0 Å². The Balaban J connectivity index is 2.32. The minimum absolute atomic E-state index is 0.403. The highest BCUT2D eigenvalue weighted by molar-refractivity contribution is 5.31. The number of hydrogen-bond donors (Lipinski definition) is 1. The summed E-state index contributed by atoms with van der Waals surface area (Å²) in [5.74, 6) is 0.403. The zero-order chi connectivity index (χ0) is 9.52. The number of phenols is 1. The summed E-state index contributed by atoms with van der Waals surface area (Å²) in [5, 5.41) is 9.44. The fraction of sp³-hybridized carbons (Fsp3) is 0.455. The predicted molar refractivity (Wildman–Crippen MR) is 52.9 cm³/mol. The molecule has 0 radical (unpaired) electrons. The summed E-state index contributed by atoms with van der Waals surface area (Å²) in [7, 11) is 1.71. The molecule has 0 aliphatic carbocycles. The van der Waals surface area contributed by atoms with Gasteiger partial charge in [-0.1, -0.05) is 18.2 Å². The van der Waals surface area contributed by atoms with Gasteiger partial charge in [-0.3, -0.25) is 0 Å². The Bertz CT molecular complexity index is 246. The van der Waals surface area contributed by atoms with Gasteiger partial charge in [0, 0.05) is 13.7 Å². The molecule has 0 aliphatic heterocycles. The van der Waals surface area contributed by atoms with Crippen LogP contribution in [0.25, 0.3) is 0 Å². The standard InChI is InChI=1S/C11H16O2/c1-13-9-5-4-7-10-6-2-3-8-11(10)12/h2-3,6,8,12H,4-5,7,9H2,1H3. The monoisotopic (exact) mass is 180 g/mol. The molecule has 1 aromatic carbocycles. The Morgan fingerprint density at radius 1 is 1.23 bits per heavy atom. The average Bonchev–Trinajstić information content (AvgIpc) is 2.15. The molecule has 0 aliphatic rings. The molecule has 2 nitrogen and oxygen atoms in total. The van der Waals surface area contributed by atoms with Crippen LogP contribution in [0.3, 0.4) is 0 Å². The van der Waals surface area contributed by atoms with Crippen molar-refractivity contribution in [1.82, 2.24) is 0 Å². The molecular weight excluding hydrogens is 164 g/mol. The summed E-state index contributed by atoms with van der Waals surface area (Å²) in [6, 6.07) is 7.48. The summed E-state index contributed by atoms with van der Waals surface area (Å²) in [5.41, 5.74) is 1.03. The fourth-order valence-corrected chi connectivity index (χ4v) is 1.28. The Labute approximate surface area is 79.2 Å². The van der Waals surface area contributed by atoms with Crippen molar-refractivity contribution in [3.8, 4) is 5.75 Å². The maximum Gasteiger partial charge on any atom is 0.118 e. The molecule has 0 unspecified atom stereocenters. The van der Waals surface area contributed by atoms with Crippen molar-refractivity contribution in [2.75, 3.05) is 13.7 Å². The van der Waals surface area contributed by atoms with E-state index in [-0.39, 0.29) is 0 Å². The second-order valence-corrected chi connectivity index (χ2v) is 3.08. The van der Waals surface area contributed by atoms with Crippen molar-refractivity contribution in [2.24, 2.45) is 0 Å². The molecule has 0 saturated heterocycles. The molecule has 0 heterocycles. The van der Waals surface area contributed by atoms with Crippen LogP contribution in [0.2, 0.25) is 0 Å². The van der Waals surface area contributed by atoms with Crippen LogP contribution < -0.4 is 0 Å². The number of phenolic OH excluding ortho intramolecular Hbond substituents is 1. The van der Waals surface area contributed by atoms with E-state index >= 15 is 0 Å². The first-order valence-corrected chi connectivity index (χ1v) is 4.60. The lowest BCUT2D eigenvalue weighted by Gasteiger charge is -2.03. The zero-order valence-electron chi connectivity index (χ0n) is 7.99. The molecule has 13 heavy (non-hydrogen) atoms. The molecule has 1 aromatic rings. The van der Waals surface area contributed by atoms with Crippen LogP contribution >= 0.6 is 0 Å². The molecule has 72 valence electrons. The van der Waals surface area contributed by atoms with Gasteiger partial charge >= 0.3 is 0 Å². The summed E-state index contributed by atoms with van der Waals surface area (Å²) in [6.07, 6.45) is 3.03. The van der Waals surface area contributed by atoms with Crippen LogP contribution in [0.15, 0.2) is 24.3 Å². The quantitative estimate of drug-likeness (QED) is 0.705. The van der Waals surface area contributed by atoms with Crippen molar-refractivity contribution in [3.05, 3.63) is 29.8 Å². The van der Waals surface area contributed by atoms with Gasteiger partial charge in [-0.25, -0.2) is 0 Å². The first kappa shape index (κ1) is 10.1. The SMILES string of the molecule is COCCCCc1ccccc1O. The largest absolute Gasteiger partial charge is 0.508 e. The Morgan fingerprint density at radius 3 is 2.69 bits per heavy atom. The highest BCUT2D eigenvalue weighted by Crippen LogP contribution is 2.17. The highest BCUT2D eigenvalue weighted by Gasteiger charge is 1.98. The number of aromatic hydroxyl groups is 1. The second kappa shape index (κ2) is 5.60. The molecule has 0 spiro atoms. The molecule has 0 saturated carbocycles. The first-order chi connectivity index (χ1) is 6.34. The molecule has 0 amide bonds. The van der Waals surface area contributed by atoms with E-state index in [4.69, 9.17) is 4.74 Å². The number of ether oxygens (including phenoxy) is 1. The van der Waals surface area contributed by atoms with Crippen LogP contribution in [-0.2, 0) is 11.2 Å². The molecule has 1 rings (SSSR count). The lowest BCUT2D eigenvalue weighted by Crippen LogP contribution is -1.91. The number of hydrogen-bond acceptors (Lipinski definition) is 2. The van der Waals surface area contributed by atoms with Gasteiger partial charge < -0.3 is 9.84 Å². The first-order valence-electron chi connectivity index (χ1n) is 4.60. The zero-order valence-corrected chi connectivity index (χ0v) is 7.99. The third-order valence-corrected chi connectivity index (χ3v) is 2.04. The third-order valence-electron chi connectivity index (χ3n) is 2.04. The van der Waals surface area contributed by atoms with Gasteiger partial charge in [-0.15, -0.1) is 0 Å². The van der Waals surface area contributed by atoms with Crippen LogP contribution in [0.1, 0.15) is 18.4 Å². The van der Waals surface area contributed by atoms with E-state index in [1.165, 1.54) is 0 Å². The molecule has 0 atom stereocenters. The molecule has 0 aromatic heterocycles. The number of aryl methyl sites for hydroxylation is 1. The van der Waals surface area contributed by atoms with E-state index in [0.717, 1.165) is 31.4 Å². The Kier molecular flexibility index (Phi) is 4.33. The van der Waals surface area contributed by atoms with Crippen molar-refractivity contribution < 1.29 is 9.84 Å². The summed E-state index contributed by atoms with van der Waals surface area (Å²) in [6.45, 7) is 0.799. The maximum atomic E-state index is 9.44. The van der Waals surface area contributed by atoms with Crippen molar-refractivity contribution >= 4 is 0 Å². The lowest BCUT2D eigenvalue weighted by molar-refractivity contribution is 0.193. The highest BCUT2D eigenvalue weighted by atomic mass is 16.5. The van der Waals surface area contributed by atoms with E-state index in [0.29, 0.717) is 5.75 Å². The molecular formula is C11H16O2. The van der Waals surface area contributed by atoms with Gasteiger partial charge in [0.05, 0.1) is 0 Å². The smallest absolute Gasteiger partial charge is 0.118 e. The van der Waals surface area contributed by atoms with Gasteiger partial charge in [0.15, 0.2) is 0 Å². The van der Waals surface area contributed by atoms with E-state index in [2.05, 4.69) is 0 Å². The summed E-state index contributed by atoms with van der Waals surface area (Å²) in [4.78, 5) is 0. The van der Waals surface area contributed by atoms with Gasteiger partial charge in [0.2, 0.25) is 0 Å². The molecule has 2 heteroatoms. The summed E-state index contributed by atoms with van der Waals surface area (Å²) < 4.78 is 4.95. The van der Waals surface area contributed by atoms with E-state index < -0.39 is 0 Å².